The molecule has 1 N–H and O–H groups in total. The van der Waals surface area contributed by atoms with Gasteiger partial charge in [-0.05, 0) is 43.5 Å². The Bertz CT molecular complexity index is 562. The van der Waals surface area contributed by atoms with E-state index in [1.165, 1.54) is 36.9 Å². The van der Waals surface area contributed by atoms with Crippen molar-refractivity contribution in [2.45, 2.75) is 51.5 Å². The van der Waals surface area contributed by atoms with Crippen LogP contribution in [0.2, 0.25) is 0 Å². The molecule has 0 bridgehead atoms. The van der Waals surface area contributed by atoms with E-state index >= 15 is 0 Å². The molecule has 0 radical (unpaired) electrons. The number of urea groups is 1. The first-order valence-corrected chi connectivity index (χ1v) is 9.99. The van der Waals surface area contributed by atoms with Crippen LogP contribution in [0, 0.1) is 6.92 Å². The molecule has 2 fully saturated rings. The first kappa shape index (κ1) is 17.6. The zero-order valence-electron chi connectivity index (χ0n) is 14.6. The van der Waals surface area contributed by atoms with Crippen molar-refractivity contribution in [3.05, 3.63) is 28.2 Å². The number of carbonyl (C=O) groups is 1. The van der Waals surface area contributed by atoms with Crippen LogP contribution in [0.5, 0.6) is 0 Å². The van der Waals surface area contributed by atoms with E-state index in [4.69, 9.17) is 0 Å². The summed E-state index contributed by atoms with van der Waals surface area (Å²) in [5.41, 5.74) is 2.56. The lowest BCUT2D eigenvalue weighted by Crippen LogP contribution is -2.53. The predicted molar refractivity (Wildman–Crippen MR) is 103 cm³/mol. The Morgan fingerprint density at radius 3 is 2.38 bits per heavy atom. The molecule has 1 saturated carbocycles. The van der Waals surface area contributed by atoms with Gasteiger partial charge in [-0.25, -0.2) is 4.79 Å². The van der Waals surface area contributed by atoms with Gasteiger partial charge in [0.25, 0.3) is 0 Å². The largest absolute Gasteiger partial charge is 0.368 e. The van der Waals surface area contributed by atoms with Gasteiger partial charge in [0, 0.05) is 42.4 Å². The molecular formula is C19H28BrN3O. The molecular weight excluding hydrogens is 366 g/mol. The average molecular weight is 394 g/mol. The van der Waals surface area contributed by atoms with Gasteiger partial charge in [0.1, 0.15) is 0 Å². The molecule has 0 unspecified atom stereocenters. The van der Waals surface area contributed by atoms with Crippen LogP contribution in [0.1, 0.15) is 44.1 Å². The molecule has 4 nitrogen and oxygen atoms in total. The standard InChI is InChI=1S/C19H28BrN3O/c1-15-14-16(20)8-9-18(15)22-10-12-23(13-11-22)19(24)21-17-6-4-2-3-5-7-17/h8-9,14,17H,2-7,10-13H2,1H3,(H,21,24). The number of piperazine rings is 1. The van der Waals surface area contributed by atoms with Crippen molar-refractivity contribution in [1.82, 2.24) is 10.2 Å². The maximum absolute atomic E-state index is 12.5. The number of benzene rings is 1. The third-order valence-corrected chi connectivity index (χ3v) is 5.74. The summed E-state index contributed by atoms with van der Waals surface area (Å²) < 4.78 is 1.12. The maximum Gasteiger partial charge on any atom is 0.317 e. The molecule has 0 aromatic heterocycles. The molecule has 0 atom stereocenters. The summed E-state index contributed by atoms with van der Waals surface area (Å²) >= 11 is 3.52. The predicted octanol–water partition coefficient (Wildman–Crippen LogP) is 4.31. The van der Waals surface area contributed by atoms with Crippen LogP contribution in [0.3, 0.4) is 0 Å². The first-order chi connectivity index (χ1) is 11.6. The molecule has 0 spiro atoms. The minimum atomic E-state index is 0.133. The summed E-state index contributed by atoms with van der Waals surface area (Å²) in [7, 11) is 0. The lowest BCUT2D eigenvalue weighted by atomic mass is 10.1. The molecule has 1 saturated heterocycles. The van der Waals surface area contributed by atoms with Crippen LogP contribution in [-0.2, 0) is 0 Å². The molecule has 132 valence electrons. The Morgan fingerprint density at radius 1 is 1.08 bits per heavy atom. The van der Waals surface area contributed by atoms with Crippen molar-refractivity contribution in [2.24, 2.45) is 0 Å². The number of halogens is 1. The number of hydrogen-bond acceptors (Lipinski definition) is 2. The zero-order valence-corrected chi connectivity index (χ0v) is 16.1. The Balaban J connectivity index is 1.51. The highest BCUT2D eigenvalue weighted by Gasteiger charge is 2.24. The second kappa shape index (κ2) is 8.24. The molecule has 3 rings (SSSR count). The van der Waals surface area contributed by atoms with E-state index in [1.54, 1.807) is 0 Å². The molecule has 1 aliphatic carbocycles. The van der Waals surface area contributed by atoms with Crippen LogP contribution in [0.25, 0.3) is 0 Å². The first-order valence-electron chi connectivity index (χ1n) is 9.20. The fourth-order valence-electron chi connectivity index (χ4n) is 3.81. The van der Waals surface area contributed by atoms with Gasteiger partial charge in [-0.15, -0.1) is 0 Å². The van der Waals surface area contributed by atoms with Gasteiger partial charge in [0.15, 0.2) is 0 Å². The number of amides is 2. The highest BCUT2D eigenvalue weighted by molar-refractivity contribution is 9.10. The SMILES string of the molecule is Cc1cc(Br)ccc1N1CCN(C(=O)NC2CCCCCC2)CC1. The van der Waals surface area contributed by atoms with Crippen LogP contribution >= 0.6 is 15.9 Å². The molecule has 2 amide bonds. The van der Waals surface area contributed by atoms with Crippen LogP contribution < -0.4 is 10.2 Å². The topological polar surface area (TPSA) is 35.6 Å². The van der Waals surface area contributed by atoms with Crippen LogP contribution in [-0.4, -0.2) is 43.2 Å². The van der Waals surface area contributed by atoms with E-state index in [0.717, 1.165) is 43.5 Å². The number of rotatable bonds is 2. The van der Waals surface area contributed by atoms with E-state index in [1.807, 2.05) is 4.90 Å². The van der Waals surface area contributed by atoms with Gasteiger partial charge in [-0.3, -0.25) is 0 Å². The highest BCUT2D eigenvalue weighted by Crippen LogP contribution is 2.25. The summed E-state index contributed by atoms with van der Waals surface area (Å²) in [6.07, 6.45) is 7.42. The Kier molecular flexibility index (Phi) is 6.04. The third kappa shape index (κ3) is 4.44. The van der Waals surface area contributed by atoms with E-state index in [0.29, 0.717) is 6.04 Å². The summed E-state index contributed by atoms with van der Waals surface area (Å²) in [4.78, 5) is 16.9. The molecule has 24 heavy (non-hydrogen) atoms. The van der Waals surface area contributed by atoms with Crippen molar-refractivity contribution in [3.63, 3.8) is 0 Å². The normalized spacial score (nSPS) is 19.9. The Morgan fingerprint density at radius 2 is 1.75 bits per heavy atom. The summed E-state index contributed by atoms with van der Waals surface area (Å²) in [6.45, 7) is 5.55. The second-order valence-electron chi connectivity index (χ2n) is 7.04. The quantitative estimate of drug-likeness (QED) is 0.759. The maximum atomic E-state index is 12.5. The minimum Gasteiger partial charge on any atom is -0.368 e. The van der Waals surface area contributed by atoms with E-state index in [2.05, 4.69) is 51.3 Å². The van der Waals surface area contributed by atoms with Crippen molar-refractivity contribution in [3.8, 4) is 0 Å². The fourth-order valence-corrected chi connectivity index (χ4v) is 4.29. The average Bonchev–Trinajstić information content (AvgIpc) is 2.84. The molecule has 1 aromatic rings. The summed E-state index contributed by atoms with van der Waals surface area (Å²) in [5.74, 6) is 0. The fraction of sp³-hybridized carbons (Fsp3) is 0.632. The van der Waals surface area contributed by atoms with E-state index in [-0.39, 0.29) is 6.03 Å². The van der Waals surface area contributed by atoms with E-state index in [9.17, 15) is 4.79 Å². The van der Waals surface area contributed by atoms with Crippen LogP contribution in [0.4, 0.5) is 10.5 Å². The lowest BCUT2D eigenvalue weighted by Gasteiger charge is -2.37. The van der Waals surface area contributed by atoms with E-state index < -0.39 is 0 Å². The third-order valence-electron chi connectivity index (χ3n) is 5.25. The number of carbonyl (C=O) groups excluding carboxylic acids is 1. The van der Waals surface area contributed by atoms with Crippen molar-refractivity contribution in [2.75, 3.05) is 31.1 Å². The summed E-state index contributed by atoms with van der Waals surface area (Å²) in [5, 5.41) is 3.26. The number of aryl methyl sites for hydroxylation is 1. The second-order valence-corrected chi connectivity index (χ2v) is 7.96. The zero-order chi connectivity index (χ0) is 16.9. The van der Waals surface area contributed by atoms with Gasteiger partial charge < -0.3 is 15.1 Å². The lowest BCUT2D eigenvalue weighted by molar-refractivity contribution is 0.189. The molecule has 1 heterocycles. The van der Waals surface area contributed by atoms with Gasteiger partial charge in [-0.1, -0.05) is 41.6 Å². The molecule has 5 heteroatoms. The summed E-state index contributed by atoms with van der Waals surface area (Å²) in [6, 6.07) is 6.93. The number of nitrogens with zero attached hydrogens (tertiary/aromatic N) is 2. The van der Waals surface area contributed by atoms with Gasteiger partial charge >= 0.3 is 6.03 Å². The number of hydrogen-bond donors (Lipinski definition) is 1. The molecule has 1 aromatic carbocycles. The number of nitrogens with one attached hydrogen (secondary N) is 1. The van der Waals surface area contributed by atoms with Crippen LogP contribution in [0.15, 0.2) is 22.7 Å². The number of anilines is 1. The smallest absolute Gasteiger partial charge is 0.317 e. The van der Waals surface area contributed by atoms with Crippen molar-refractivity contribution < 1.29 is 4.79 Å². The highest BCUT2D eigenvalue weighted by atomic mass is 79.9. The monoisotopic (exact) mass is 393 g/mol. The Labute approximate surface area is 153 Å². The molecule has 1 aliphatic heterocycles. The van der Waals surface area contributed by atoms with Crippen molar-refractivity contribution >= 4 is 27.6 Å². The molecule has 2 aliphatic rings. The Hall–Kier alpha value is -1.23. The van der Waals surface area contributed by atoms with Gasteiger partial charge in [0.2, 0.25) is 0 Å². The van der Waals surface area contributed by atoms with Crippen molar-refractivity contribution in [1.29, 1.82) is 0 Å². The minimum absolute atomic E-state index is 0.133. The van der Waals surface area contributed by atoms with Gasteiger partial charge in [-0.2, -0.15) is 0 Å². The van der Waals surface area contributed by atoms with Gasteiger partial charge in [0.05, 0.1) is 0 Å².